The average Bonchev–Trinajstić information content (AvgIpc) is 3.25. The van der Waals surface area contributed by atoms with Crippen LogP contribution in [-0.4, -0.2) is 84.3 Å². The first kappa shape index (κ1) is 24.3. The summed E-state index contributed by atoms with van der Waals surface area (Å²) in [5.74, 6) is -3.28. The molecule has 0 saturated carbocycles. The number of fused-ring (bicyclic) bond motifs is 1. The van der Waals surface area contributed by atoms with E-state index in [-0.39, 0.29) is 29.3 Å². The number of para-hydroxylation sites is 1. The number of hydrogen-bond acceptors (Lipinski definition) is 5. The minimum atomic E-state index is -1.06. The monoisotopic (exact) mass is 497 g/mol. The quantitative estimate of drug-likeness (QED) is 0.697. The van der Waals surface area contributed by atoms with Crippen molar-refractivity contribution in [3.05, 3.63) is 65.7 Å². The minimum Gasteiger partial charge on any atom is -0.339 e. The number of piperidine rings is 1. The van der Waals surface area contributed by atoms with Crippen LogP contribution in [0.2, 0.25) is 0 Å². The van der Waals surface area contributed by atoms with Crippen LogP contribution in [0.3, 0.4) is 0 Å². The highest BCUT2D eigenvalue weighted by Gasteiger charge is 2.51. The van der Waals surface area contributed by atoms with Crippen LogP contribution in [0.25, 0.3) is 0 Å². The molecule has 3 unspecified atom stereocenters. The van der Waals surface area contributed by atoms with Crippen molar-refractivity contribution in [3.63, 3.8) is 0 Å². The van der Waals surface area contributed by atoms with E-state index < -0.39 is 23.5 Å². The van der Waals surface area contributed by atoms with E-state index in [0.717, 1.165) is 24.4 Å². The Labute approximate surface area is 208 Å². The minimum absolute atomic E-state index is 0.0379. The van der Waals surface area contributed by atoms with Crippen LogP contribution in [0.15, 0.2) is 48.5 Å². The second-order valence-corrected chi connectivity index (χ2v) is 9.48. The van der Waals surface area contributed by atoms with Crippen molar-refractivity contribution in [2.75, 3.05) is 50.8 Å². The molecule has 0 aromatic heterocycles. The third kappa shape index (κ3) is 4.46. The van der Waals surface area contributed by atoms with Gasteiger partial charge in [-0.2, -0.15) is 0 Å². The van der Waals surface area contributed by atoms with Gasteiger partial charge in [0.05, 0.1) is 23.6 Å². The summed E-state index contributed by atoms with van der Waals surface area (Å²) in [5.41, 5.74) is 4.14. The summed E-state index contributed by atoms with van der Waals surface area (Å²) in [6.07, 6.45) is 0. The van der Waals surface area contributed by atoms with E-state index in [1.807, 2.05) is 37.3 Å². The zero-order valence-corrected chi connectivity index (χ0v) is 20.1. The Kier molecular flexibility index (Phi) is 6.72. The van der Waals surface area contributed by atoms with E-state index in [1.54, 1.807) is 14.8 Å². The van der Waals surface area contributed by atoms with E-state index >= 15 is 0 Å². The van der Waals surface area contributed by atoms with Gasteiger partial charge >= 0.3 is 0 Å². The van der Waals surface area contributed by atoms with Gasteiger partial charge in [0.15, 0.2) is 11.6 Å². The standard InChI is InChI=1S/C26H29F2N5O3/c1-2-30-15-19(23-20(16-30)26(36)33(29-23)18-6-4-3-5-7-18)25(35)32-12-10-31(11-13-32)24(34)17-8-9-21(27)22(28)14-17/h3-9,14,19-20,23,29H,2,10-13,15-16H2,1H3. The first-order chi connectivity index (χ1) is 17.4. The van der Waals surface area contributed by atoms with Crippen LogP contribution in [-0.2, 0) is 9.59 Å². The number of piperazine rings is 1. The number of halogens is 2. The molecule has 36 heavy (non-hydrogen) atoms. The lowest BCUT2D eigenvalue weighted by Crippen LogP contribution is -2.60. The molecule has 3 atom stereocenters. The van der Waals surface area contributed by atoms with Gasteiger partial charge in [0, 0.05) is 44.8 Å². The van der Waals surface area contributed by atoms with Crippen molar-refractivity contribution in [2.45, 2.75) is 13.0 Å². The van der Waals surface area contributed by atoms with Crippen LogP contribution in [0.4, 0.5) is 14.5 Å². The lowest BCUT2D eigenvalue weighted by Gasteiger charge is -2.42. The number of carbonyl (C=O) groups is 3. The van der Waals surface area contributed by atoms with Crippen LogP contribution >= 0.6 is 0 Å². The van der Waals surface area contributed by atoms with Crippen LogP contribution < -0.4 is 10.4 Å². The summed E-state index contributed by atoms with van der Waals surface area (Å²) in [4.78, 5) is 45.1. The average molecular weight is 498 g/mol. The number of likely N-dealkylation sites (tertiary alicyclic amines) is 1. The summed E-state index contributed by atoms with van der Waals surface area (Å²) in [6.45, 7) is 5.17. The normalized spacial score (nSPS) is 24.7. The lowest BCUT2D eigenvalue weighted by molar-refractivity contribution is -0.141. The Morgan fingerprint density at radius 1 is 0.944 bits per heavy atom. The molecule has 0 bridgehead atoms. The number of nitrogens with one attached hydrogen (secondary N) is 1. The van der Waals surface area contributed by atoms with Crippen molar-refractivity contribution in [3.8, 4) is 0 Å². The summed E-state index contributed by atoms with van der Waals surface area (Å²) < 4.78 is 26.8. The molecule has 8 nitrogen and oxygen atoms in total. The van der Waals surface area contributed by atoms with Gasteiger partial charge in [-0.25, -0.2) is 19.2 Å². The van der Waals surface area contributed by atoms with E-state index in [9.17, 15) is 23.2 Å². The second-order valence-electron chi connectivity index (χ2n) is 9.48. The van der Waals surface area contributed by atoms with Crippen molar-refractivity contribution in [2.24, 2.45) is 11.8 Å². The molecule has 3 aliphatic heterocycles. The molecule has 3 aliphatic rings. The smallest absolute Gasteiger partial charge is 0.254 e. The predicted octanol–water partition coefficient (Wildman–Crippen LogP) is 1.74. The maximum absolute atomic E-state index is 13.7. The molecular weight excluding hydrogens is 468 g/mol. The molecule has 3 fully saturated rings. The Bertz CT molecular complexity index is 1160. The summed E-state index contributed by atoms with van der Waals surface area (Å²) in [6, 6.07) is 12.1. The van der Waals surface area contributed by atoms with E-state index in [1.165, 1.54) is 6.07 Å². The molecule has 5 rings (SSSR count). The van der Waals surface area contributed by atoms with E-state index in [0.29, 0.717) is 39.3 Å². The van der Waals surface area contributed by atoms with Crippen molar-refractivity contribution in [1.29, 1.82) is 0 Å². The van der Waals surface area contributed by atoms with Gasteiger partial charge in [-0.15, -0.1) is 0 Å². The molecule has 10 heteroatoms. The van der Waals surface area contributed by atoms with Crippen molar-refractivity contribution in [1.82, 2.24) is 20.1 Å². The SMILES string of the molecule is CCN1CC(C(=O)N2CCN(C(=O)c3ccc(F)c(F)c3)CC2)C2NN(c3ccccc3)C(=O)C2C1. The first-order valence-corrected chi connectivity index (χ1v) is 12.3. The van der Waals surface area contributed by atoms with E-state index in [4.69, 9.17) is 0 Å². The number of rotatable bonds is 4. The first-order valence-electron chi connectivity index (χ1n) is 12.3. The number of hydrazine groups is 1. The summed E-state index contributed by atoms with van der Waals surface area (Å²) in [7, 11) is 0. The molecule has 1 N–H and O–H groups in total. The topological polar surface area (TPSA) is 76.2 Å². The Morgan fingerprint density at radius 2 is 1.64 bits per heavy atom. The number of nitrogens with zero attached hydrogens (tertiary/aromatic N) is 4. The Morgan fingerprint density at radius 3 is 2.31 bits per heavy atom. The molecule has 2 aromatic carbocycles. The van der Waals surface area contributed by atoms with Crippen LogP contribution in [0.5, 0.6) is 0 Å². The number of benzene rings is 2. The molecule has 3 heterocycles. The summed E-state index contributed by atoms with van der Waals surface area (Å²) in [5, 5.41) is 1.56. The lowest BCUT2D eigenvalue weighted by atomic mass is 9.83. The fourth-order valence-electron chi connectivity index (χ4n) is 5.37. The predicted molar refractivity (Wildman–Crippen MR) is 129 cm³/mol. The molecular formula is C26H29F2N5O3. The molecule has 2 aromatic rings. The van der Waals surface area contributed by atoms with Gasteiger partial charge < -0.3 is 14.7 Å². The zero-order valence-electron chi connectivity index (χ0n) is 20.1. The van der Waals surface area contributed by atoms with Gasteiger partial charge in [0.25, 0.3) is 5.91 Å². The van der Waals surface area contributed by atoms with Gasteiger partial charge in [0.1, 0.15) is 0 Å². The molecule has 3 saturated heterocycles. The fourth-order valence-corrected chi connectivity index (χ4v) is 5.37. The number of hydrogen-bond donors (Lipinski definition) is 1. The van der Waals surface area contributed by atoms with Crippen molar-refractivity contribution >= 4 is 23.4 Å². The third-order valence-electron chi connectivity index (χ3n) is 7.42. The fraction of sp³-hybridized carbons (Fsp3) is 0.423. The highest BCUT2D eigenvalue weighted by molar-refractivity contribution is 5.98. The molecule has 0 spiro atoms. The molecule has 190 valence electrons. The van der Waals surface area contributed by atoms with Gasteiger partial charge in [-0.3, -0.25) is 14.4 Å². The largest absolute Gasteiger partial charge is 0.339 e. The summed E-state index contributed by atoms with van der Waals surface area (Å²) >= 11 is 0. The van der Waals surface area contributed by atoms with Gasteiger partial charge in [-0.05, 0) is 36.9 Å². The van der Waals surface area contributed by atoms with Crippen LogP contribution in [0, 0.1) is 23.5 Å². The molecule has 3 amide bonds. The van der Waals surface area contributed by atoms with Crippen molar-refractivity contribution < 1.29 is 23.2 Å². The Hall–Kier alpha value is -3.37. The van der Waals surface area contributed by atoms with Crippen LogP contribution in [0.1, 0.15) is 17.3 Å². The molecule has 0 radical (unpaired) electrons. The second kappa shape index (κ2) is 9.94. The zero-order chi connectivity index (χ0) is 25.4. The van der Waals surface area contributed by atoms with Gasteiger partial charge in [0.2, 0.25) is 11.8 Å². The van der Waals surface area contributed by atoms with E-state index in [2.05, 4.69) is 10.3 Å². The highest BCUT2D eigenvalue weighted by Crippen LogP contribution is 2.32. The number of carbonyl (C=O) groups excluding carboxylic acids is 3. The van der Waals surface area contributed by atoms with Gasteiger partial charge in [-0.1, -0.05) is 25.1 Å². The number of anilines is 1. The number of amides is 3. The highest BCUT2D eigenvalue weighted by atomic mass is 19.2. The maximum Gasteiger partial charge on any atom is 0.254 e. The third-order valence-corrected chi connectivity index (χ3v) is 7.42. The Balaban J connectivity index is 1.27. The molecule has 0 aliphatic carbocycles. The maximum atomic E-state index is 13.7.